The monoisotopic (exact) mass is 240 g/mol. The Kier molecular flexibility index (Phi) is 4.25. The fourth-order valence-corrected chi connectivity index (χ4v) is 1.42. The van der Waals surface area contributed by atoms with Gasteiger partial charge in [0.05, 0.1) is 12.1 Å². The van der Waals surface area contributed by atoms with Crippen molar-refractivity contribution < 1.29 is 19.2 Å². The minimum absolute atomic E-state index is 0.0863. The summed E-state index contributed by atoms with van der Waals surface area (Å²) in [7, 11) is 0. The third-order valence-corrected chi connectivity index (χ3v) is 2.29. The molecule has 0 unspecified atom stereocenters. The van der Waals surface area contributed by atoms with Crippen LogP contribution in [-0.4, -0.2) is 39.6 Å². The van der Waals surface area contributed by atoms with Gasteiger partial charge in [0, 0.05) is 18.7 Å². The number of hydrogen-bond donors (Lipinski definition) is 1. The maximum atomic E-state index is 12.0. The molecule has 0 aliphatic heterocycles. The molecular formula is C11H16N2O4. The summed E-state index contributed by atoms with van der Waals surface area (Å²) in [5, 5.41) is 12.3. The van der Waals surface area contributed by atoms with Gasteiger partial charge in [0.25, 0.3) is 5.91 Å². The average molecular weight is 240 g/mol. The zero-order valence-electron chi connectivity index (χ0n) is 10.1. The van der Waals surface area contributed by atoms with Crippen molar-refractivity contribution in [2.24, 2.45) is 0 Å². The molecular weight excluding hydrogens is 224 g/mol. The van der Waals surface area contributed by atoms with E-state index < -0.39 is 5.97 Å². The van der Waals surface area contributed by atoms with Crippen molar-refractivity contribution in [2.45, 2.75) is 33.2 Å². The van der Waals surface area contributed by atoms with E-state index >= 15 is 0 Å². The fourth-order valence-electron chi connectivity index (χ4n) is 1.42. The Labute approximate surface area is 99.2 Å². The van der Waals surface area contributed by atoms with Crippen molar-refractivity contribution in [3.05, 3.63) is 17.5 Å². The maximum absolute atomic E-state index is 12.0. The molecule has 17 heavy (non-hydrogen) atoms. The molecule has 0 aliphatic carbocycles. The summed E-state index contributed by atoms with van der Waals surface area (Å²) in [5.74, 6) is -1.12. The SMILES string of the molecule is Cc1cc(C(=O)N(CCC(=O)O)C(C)C)on1. The number of carboxylic acid groups (broad SMARTS) is 1. The van der Waals surface area contributed by atoms with Crippen LogP contribution in [0.25, 0.3) is 0 Å². The van der Waals surface area contributed by atoms with Gasteiger partial charge in [-0.15, -0.1) is 0 Å². The number of carboxylic acids is 1. The van der Waals surface area contributed by atoms with E-state index in [1.807, 2.05) is 13.8 Å². The first-order chi connectivity index (χ1) is 7.91. The van der Waals surface area contributed by atoms with E-state index in [0.29, 0.717) is 5.69 Å². The number of aliphatic carboxylic acids is 1. The largest absolute Gasteiger partial charge is 0.481 e. The van der Waals surface area contributed by atoms with Gasteiger partial charge in [-0.2, -0.15) is 0 Å². The quantitative estimate of drug-likeness (QED) is 0.838. The van der Waals surface area contributed by atoms with Crippen molar-refractivity contribution in [1.82, 2.24) is 10.1 Å². The summed E-state index contributed by atoms with van der Waals surface area (Å²) in [6, 6.07) is 1.45. The van der Waals surface area contributed by atoms with E-state index in [9.17, 15) is 9.59 Å². The van der Waals surface area contributed by atoms with Crippen molar-refractivity contribution in [3.63, 3.8) is 0 Å². The van der Waals surface area contributed by atoms with Gasteiger partial charge >= 0.3 is 5.97 Å². The highest BCUT2D eigenvalue weighted by molar-refractivity contribution is 5.91. The molecule has 0 saturated carbocycles. The topological polar surface area (TPSA) is 83.6 Å². The molecule has 1 heterocycles. The van der Waals surface area contributed by atoms with E-state index in [4.69, 9.17) is 9.63 Å². The number of aromatic nitrogens is 1. The molecule has 0 bridgehead atoms. The second-order valence-electron chi connectivity index (χ2n) is 4.07. The molecule has 1 N–H and O–H groups in total. The molecule has 1 aromatic heterocycles. The zero-order chi connectivity index (χ0) is 13.0. The number of nitrogens with zero attached hydrogens (tertiary/aromatic N) is 2. The molecule has 0 spiro atoms. The van der Waals surface area contributed by atoms with Crippen LogP contribution in [0.15, 0.2) is 10.6 Å². The third-order valence-electron chi connectivity index (χ3n) is 2.29. The number of rotatable bonds is 5. The number of carbonyl (C=O) groups excluding carboxylic acids is 1. The van der Waals surface area contributed by atoms with Crippen molar-refractivity contribution in [2.75, 3.05) is 6.54 Å². The van der Waals surface area contributed by atoms with Crippen LogP contribution in [0.3, 0.4) is 0 Å². The zero-order valence-corrected chi connectivity index (χ0v) is 10.1. The molecule has 0 aliphatic rings. The minimum atomic E-state index is -0.933. The maximum Gasteiger partial charge on any atom is 0.305 e. The molecule has 1 amide bonds. The first-order valence-corrected chi connectivity index (χ1v) is 5.38. The third kappa shape index (κ3) is 3.58. The Morgan fingerprint density at radius 1 is 1.53 bits per heavy atom. The van der Waals surface area contributed by atoms with Crippen LogP contribution in [0.5, 0.6) is 0 Å². The summed E-state index contributed by atoms with van der Waals surface area (Å²) in [6.07, 6.45) is -0.0863. The van der Waals surface area contributed by atoms with E-state index in [-0.39, 0.29) is 30.7 Å². The number of hydrogen-bond acceptors (Lipinski definition) is 4. The van der Waals surface area contributed by atoms with Crippen LogP contribution >= 0.6 is 0 Å². The fraction of sp³-hybridized carbons (Fsp3) is 0.545. The molecule has 1 rings (SSSR count). The Balaban J connectivity index is 2.77. The van der Waals surface area contributed by atoms with Crippen LogP contribution in [0, 0.1) is 6.92 Å². The van der Waals surface area contributed by atoms with E-state index in [1.165, 1.54) is 4.90 Å². The molecule has 0 radical (unpaired) electrons. The van der Waals surface area contributed by atoms with Gasteiger partial charge < -0.3 is 14.5 Å². The van der Waals surface area contributed by atoms with Gasteiger partial charge in [-0.3, -0.25) is 9.59 Å². The average Bonchev–Trinajstić information content (AvgIpc) is 2.63. The van der Waals surface area contributed by atoms with Crippen LogP contribution in [0.4, 0.5) is 0 Å². The van der Waals surface area contributed by atoms with E-state index in [0.717, 1.165) is 0 Å². The molecule has 6 heteroatoms. The lowest BCUT2D eigenvalue weighted by Gasteiger charge is -2.24. The first kappa shape index (κ1) is 13.2. The highest BCUT2D eigenvalue weighted by Crippen LogP contribution is 2.10. The summed E-state index contributed by atoms with van der Waals surface area (Å²) in [4.78, 5) is 24.0. The van der Waals surface area contributed by atoms with Gasteiger partial charge in [0.2, 0.25) is 5.76 Å². The lowest BCUT2D eigenvalue weighted by molar-refractivity contribution is -0.137. The number of aryl methyl sites for hydroxylation is 1. The second-order valence-corrected chi connectivity index (χ2v) is 4.07. The van der Waals surface area contributed by atoms with E-state index in [1.54, 1.807) is 13.0 Å². The van der Waals surface area contributed by atoms with Crippen LogP contribution in [0.2, 0.25) is 0 Å². The highest BCUT2D eigenvalue weighted by atomic mass is 16.5. The molecule has 0 saturated heterocycles. The lowest BCUT2D eigenvalue weighted by Crippen LogP contribution is -2.38. The Hall–Kier alpha value is -1.85. The van der Waals surface area contributed by atoms with Crippen molar-refractivity contribution >= 4 is 11.9 Å². The molecule has 94 valence electrons. The minimum Gasteiger partial charge on any atom is -0.481 e. The molecule has 6 nitrogen and oxygen atoms in total. The summed E-state index contributed by atoms with van der Waals surface area (Å²) < 4.78 is 4.88. The van der Waals surface area contributed by atoms with Crippen LogP contribution in [0.1, 0.15) is 36.5 Å². The Bertz CT molecular complexity index is 411. The molecule has 1 aromatic rings. The smallest absolute Gasteiger partial charge is 0.305 e. The normalized spacial score (nSPS) is 10.6. The van der Waals surface area contributed by atoms with Crippen molar-refractivity contribution in [3.8, 4) is 0 Å². The van der Waals surface area contributed by atoms with Crippen LogP contribution in [-0.2, 0) is 4.79 Å². The number of carbonyl (C=O) groups is 2. The lowest BCUT2D eigenvalue weighted by atomic mass is 10.2. The highest BCUT2D eigenvalue weighted by Gasteiger charge is 2.22. The Morgan fingerprint density at radius 2 is 2.18 bits per heavy atom. The second kappa shape index (κ2) is 5.47. The summed E-state index contributed by atoms with van der Waals surface area (Å²) in [6.45, 7) is 5.52. The van der Waals surface area contributed by atoms with Gasteiger partial charge in [-0.25, -0.2) is 0 Å². The first-order valence-electron chi connectivity index (χ1n) is 5.38. The van der Waals surface area contributed by atoms with Gasteiger partial charge in [-0.1, -0.05) is 5.16 Å². The van der Waals surface area contributed by atoms with Gasteiger partial charge in [0.15, 0.2) is 0 Å². The van der Waals surface area contributed by atoms with E-state index in [2.05, 4.69) is 5.16 Å². The van der Waals surface area contributed by atoms with Gasteiger partial charge in [-0.05, 0) is 20.8 Å². The molecule has 0 aromatic carbocycles. The van der Waals surface area contributed by atoms with Crippen LogP contribution < -0.4 is 0 Å². The van der Waals surface area contributed by atoms with Crippen molar-refractivity contribution in [1.29, 1.82) is 0 Å². The Morgan fingerprint density at radius 3 is 2.59 bits per heavy atom. The standard InChI is InChI=1S/C11H16N2O4/c1-7(2)13(5-4-10(14)15)11(16)9-6-8(3)12-17-9/h6-7H,4-5H2,1-3H3,(H,14,15). The summed E-state index contributed by atoms with van der Waals surface area (Å²) in [5.41, 5.74) is 0.621. The predicted molar refractivity (Wildman–Crippen MR) is 59.7 cm³/mol. The summed E-state index contributed by atoms with van der Waals surface area (Å²) >= 11 is 0. The molecule has 0 atom stereocenters. The van der Waals surface area contributed by atoms with Gasteiger partial charge in [0.1, 0.15) is 0 Å². The number of amides is 1. The molecule has 0 fully saturated rings. The predicted octanol–water partition coefficient (Wildman–Crippen LogP) is 1.31.